The van der Waals surface area contributed by atoms with Gasteiger partial charge in [0.1, 0.15) is 11.0 Å². The number of carboxylic acid groups (broad SMARTS) is 1. The molecule has 0 spiro atoms. The van der Waals surface area contributed by atoms with Crippen LogP contribution in [0.3, 0.4) is 0 Å². The summed E-state index contributed by atoms with van der Waals surface area (Å²) in [5.74, 6) is -1.29. The summed E-state index contributed by atoms with van der Waals surface area (Å²) >= 11 is 1.17. The molecule has 1 N–H and O–H groups in total. The molecule has 2 aromatic carbocycles. The minimum atomic E-state index is -1.32. The number of nitrogens with zero attached hydrogens (tertiary/aromatic N) is 2. The SMILES string of the molecule is CCOc1ccc(NC(=NC)S[C@H]2CC(=O)N(c3ccc(C(=O)[O-])cc3)C2=O)cc1. The number of amidine groups is 1. The molecule has 1 fully saturated rings. The molecule has 0 unspecified atom stereocenters. The van der Waals surface area contributed by atoms with E-state index in [4.69, 9.17) is 4.74 Å². The average molecular weight is 426 g/mol. The largest absolute Gasteiger partial charge is 0.545 e. The molecule has 0 saturated carbocycles. The van der Waals surface area contributed by atoms with Crippen LogP contribution in [-0.4, -0.2) is 41.9 Å². The number of hydrogen-bond donors (Lipinski definition) is 1. The molecule has 0 bridgehead atoms. The Hall–Kier alpha value is -3.33. The standard InChI is InChI=1S/C21H21N3O5S/c1-3-29-16-10-6-14(7-11-16)23-21(22-2)30-17-12-18(25)24(19(17)26)15-8-4-13(5-9-15)20(27)28/h4-11,17H,3,12H2,1-2H3,(H,22,23)(H,27,28)/p-1/t17-/m0/s1. The van der Waals surface area contributed by atoms with Gasteiger partial charge in [0.25, 0.3) is 0 Å². The molecule has 8 nitrogen and oxygen atoms in total. The number of carbonyl (C=O) groups excluding carboxylic acids is 3. The van der Waals surface area contributed by atoms with Gasteiger partial charge in [-0.15, -0.1) is 0 Å². The van der Waals surface area contributed by atoms with Gasteiger partial charge in [-0.25, -0.2) is 4.90 Å². The number of imide groups is 1. The molecule has 2 aromatic rings. The number of benzene rings is 2. The molecule has 1 aliphatic heterocycles. The second-order valence-electron chi connectivity index (χ2n) is 6.32. The quantitative estimate of drug-likeness (QED) is 0.427. The van der Waals surface area contributed by atoms with Gasteiger partial charge in [-0.1, -0.05) is 23.9 Å². The number of anilines is 2. The summed E-state index contributed by atoms with van der Waals surface area (Å²) in [6, 6.07) is 12.8. The minimum absolute atomic E-state index is 0.0235. The fourth-order valence-corrected chi connectivity index (χ4v) is 3.90. The van der Waals surface area contributed by atoms with Crippen LogP contribution < -0.4 is 20.1 Å². The highest BCUT2D eigenvalue weighted by Gasteiger charge is 2.40. The molecule has 0 aromatic heterocycles. The van der Waals surface area contributed by atoms with Crippen LogP contribution in [0.25, 0.3) is 0 Å². The molecule has 0 aliphatic carbocycles. The lowest BCUT2D eigenvalue weighted by Crippen LogP contribution is -2.32. The lowest BCUT2D eigenvalue weighted by Gasteiger charge is -2.16. The number of aromatic carboxylic acids is 1. The van der Waals surface area contributed by atoms with Crippen LogP contribution in [0, 0.1) is 0 Å². The maximum Gasteiger partial charge on any atom is 0.247 e. The van der Waals surface area contributed by atoms with E-state index in [2.05, 4.69) is 10.3 Å². The molecular weight excluding hydrogens is 406 g/mol. The average Bonchev–Trinajstić information content (AvgIpc) is 3.02. The van der Waals surface area contributed by atoms with Gasteiger partial charge >= 0.3 is 0 Å². The van der Waals surface area contributed by atoms with Gasteiger partial charge in [-0.05, 0) is 48.9 Å². The van der Waals surface area contributed by atoms with Crippen LogP contribution in [0.4, 0.5) is 11.4 Å². The number of ether oxygens (including phenoxy) is 1. The van der Waals surface area contributed by atoms with E-state index < -0.39 is 11.2 Å². The summed E-state index contributed by atoms with van der Waals surface area (Å²) < 4.78 is 5.41. The zero-order valence-corrected chi connectivity index (χ0v) is 17.3. The number of carboxylic acids is 1. The van der Waals surface area contributed by atoms with Gasteiger partial charge < -0.3 is 20.0 Å². The zero-order valence-electron chi connectivity index (χ0n) is 16.5. The molecule has 30 heavy (non-hydrogen) atoms. The predicted octanol–water partition coefficient (Wildman–Crippen LogP) is 1.91. The highest BCUT2D eigenvalue weighted by atomic mass is 32.2. The third-order valence-electron chi connectivity index (χ3n) is 4.34. The molecule has 0 radical (unpaired) electrons. The van der Waals surface area contributed by atoms with Crippen molar-refractivity contribution in [3.63, 3.8) is 0 Å². The Labute approximate surface area is 177 Å². The van der Waals surface area contributed by atoms with Crippen molar-refractivity contribution in [2.75, 3.05) is 23.9 Å². The molecule has 1 heterocycles. The number of carbonyl (C=O) groups is 3. The minimum Gasteiger partial charge on any atom is -0.545 e. The van der Waals surface area contributed by atoms with Crippen LogP contribution in [0.2, 0.25) is 0 Å². The van der Waals surface area contributed by atoms with Crippen LogP contribution in [0.1, 0.15) is 23.7 Å². The summed E-state index contributed by atoms with van der Waals surface area (Å²) in [6.07, 6.45) is 0.0235. The van der Waals surface area contributed by atoms with Crippen LogP contribution in [-0.2, 0) is 9.59 Å². The lowest BCUT2D eigenvalue weighted by molar-refractivity contribution is -0.255. The molecule has 3 rings (SSSR count). The number of thioether (sulfide) groups is 1. The highest BCUT2D eigenvalue weighted by Crippen LogP contribution is 2.31. The topological polar surface area (TPSA) is 111 Å². The van der Waals surface area contributed by atoms with Crippen molar-refractivity contribution in [3.8, 4) is 5.75 Å². The Morgan fingerprint density at radius 3 is 2.43 bits per heavy atom. The third kappa shape index (κ3) is 4.80. The van der Waals surface area contributed by atoms with Gasteiger partial charge in [0, 0.05) is 19.2 Å². The van der Waals surface area contributed by atoms with E-state index in [1.54, 1.807) is 7.05 Å². The van der Waals surface area contributed by atoms with E-state index in [1.807, 2.05) is 31.2 Å². The van der Waals surface area contributed by atoms with E-state index in [9.17, 15) is 19.5 Å². The molecular formula is C21H20N3O5S-. The van der Waals surface area contributed by atoms with Crippen molar-refractivity contribution >= 4 is 46.1 Å². The smallest absolute Gasteiger partial charge is 0.247 e. The number of hydrogen-bond acceptors (Lipinski definition) is 7. The van der Waals surface area contributed by atoms with E-state index in [0.717, 1.165) is 16.3 Å². The van der Waals surface area contributed by atoms with Crippen LogP contribution in [0.15, 0.2) is 53.5 Å². The number of rotatable bonds is 6. The van der Waals surface area contributed by atoms with E-state index in [0.29, 0.717) is 17.5 Å². The predicted molar refractivity (Wildman–Crippen MR) is 114 cm³/mol. The monoisotopic (exact) mass is 426 g/mol. The Morgan fingerprint density at radius 2 is 1.87 bits per heavy atom. The van der Waals surface area contributed by atoms with Crippen molar-refractivity contribution in [1.82, 2.24) is 0 Å². The number of nitrogens with one attached hydrogen (secondary N) is 1. The van der Waals surface area contributed by atoms with E-state index in [1.165, 1.54) is 36.0 Å². The fourth-order valence-electron chi connectivity index (χ4n) is 2.91. The maximum atomic E-state index is 12.8. The molecule has 156 valence electrons. The van der Waals surface area contributed by atoms with Crippen molar-refractivity contribution in [3.05, 3.63) is 54.1 Å². The molecule has 1 atom stereocenters. The second kappa shape index (κ2) is 9.45. The summed E-state index contributed by atoms with van der Waals surface area (Å²) in [4.78, 5) is 41.4. The highest BCUT2D eigenvalue weighted by molar-refractivity contribution is 8.15. The van der Waals surface area contributed by atoms with Crippen LogP contribution in [0.5, 0.6) is 5.75 Å². The van der Waals surface area contributed by atoms with Gasteiger partial charge in [0.2, 0.25) is 11.8 Å². The van der Waals surface area contributed by atoms with E-state index >= 15 is 0 Å². The number of aliphatic imine (C=N–C) groups is 1. The first-order valence-corrected chi connectivity index (χ1v) is 10.1. The fraction of sp³-hybridized carbons (Fsp3) is 0.238. The molecule has 1 saturated heterocycles. The first kappa shape index (κ1) is 21.4. The number of amides is 2. The van der Waals surface area contributed by atoms with Crippen molar-refractivity contribution in [1.29, 1.82) is 0 Å². The maximum absolute atomic E-state index is 12.8. The molecule has 9 heteroatoms. The Balaban J connectivity index is 1.67. The summed E-state index contributed by atoms with van der Waals surface area (Å²) in [5, 5.41) is 13.9. The molecule has 2 amide bonds. The lowest BCUT2D eigenvalue weighted by atomic mass is 10.2. The van der Waals surface area contributed by atoms with Gasteiger partial charge in [-0.3, -0.25) is 14.6 Å². The first-order chi connectivity index (χ1) is 14.4. The van der Waals surface area contributed by atoms with Gasteiger partial charge in [0.15, 0.2) is 5.17 Å². The zero-order chi connectivity index (χ0) is 21.7. The summed E-state index contributed by atoms with van der Waals surface area (Å²) in [7, 11) is 1.60. The first-order valence-electron chi connectivity index (χ1n) is 9.24. The summed E-state index contributed by atoms with van der Waals surface area (Å²) in [6.45, 7) is 2.49. The van der Waals surface area contributed by atoms with Crippen LogP contribution >= 0.6 is 11.8 Å². The Kier molecular flexibility index (Phi) is 6.73. The molecule has 1 aliphatic rings. The third-order valence-corrected chi connectivity index (χ3v) is 5.50. The van der Waals surface area contributed by atoms with E-state index in [-0.39, 0.29) is 23.8 Å². The Morgan fingerprint density at radius 1 is 1.20 bits per heavy atom. The normalized spacial score (nSPS) is 16.7. The summed E-state index contributed by atoms with van der Waals surface area (Å²) in [5.41, 5.74) is 1.08. The van der Waals surface area contributed by atoms with Crippen molar-refractivity contribution < 1.29 is 24.2 Å². The second-order valence-corrected chi connectivity index (χ2v) is 7.51. The van der Waals surface area contributed by atoms with Gasteiger partial charge in [0.05, 0.1) is 18.3 Å². The Bertz CT molecular complexity index is 973. The van der Waals surface area contributed by atoms with Crippen molar-refractivity contribution in [2.45, 2.75) is 18.6 Å². The van der Waals surface area contributed by atoms with Crippen molar-refractivity contribution in [2.24, 2.45) is 4.99 Å². The van der Waals surface area contributed by atoms with Gasteiger partial charge in [-0.2, -0.15) is 0 Å².